The van der Waals surface area contributed by atoms with Crippen LogP contribution in [0.25, 0.3) is 16.9 Å². The molecule has 0 atom stereocenters. The second-order valence-electron chi connectivity index (χ2n) is 6.98. The molecule has 1 heterocycles. The Kier molecular flexibility index (Phi) is 7.45. The van der Waals surface area contributed by atoms with Gasteiger partial charge >= 0.3 is 5.97 Å². The predicted molar refractivity (Wildman–Crippen MR) is 115 cm³/mol. The first-order valence-corrected chi connectivity index (χ1v) is 10.2. The number of carbonyl (C=O) groups is 1. The number of unbranched alkanes of at least 4 members (excludes halogenated alkanes) is 4. The van der Waals surface area contributed by atoms with Crippen LogP contribution in [0.15, 0.2) is 60.7 Å². The Morgan fingerprint density at radius 3 is 2.38 bits per heavy atom. The molecule has 0 saturated heterocycles. The molecular weight excluding hydrogens is 364 g/mol. The molecule has 3 rings (SSSR count). The van der Waals surface area contributed by atoms with Gasteiger partial charge in [0.25, 0.3) is 0 Å². The summed E-state index contributed by atoms with van der Waals surface area (Å²) in [6.07, 6.45) is 5.87. The summed E-state index contributed by atoms with van der Waals surface area (Å²) < 4.78 is 12.6. The van der Waals surface area contributed by atoms with E-state index in [9.17, 15) is 4.79 Å². The normalized spacial score (nSPS) is 10.7. The zero-order valence-electron chi connectivity index (χ0n) is 17.1. The van der Waals surface area contributed by atoms with E-state index in [0.29, 0.717) is 12.3 Å². The van der Waals surface area contributed by atoms with Crippen molar-refractivity contribution in [2.45, 2.75) is 45.4 Å². The van der Waals surface area contributed by atoms with Crippen LogP contribution in [0.5, 0.6) is 11.6 Å². The van der Waals surface area contributed by atoms with Gasteiger partial charge in [-0.15, -0.1) is 0 Å². The molecule has 0 N–H and O–H groups in total. The van der Waals surface area contributed by atoms with Gasteiger partial charge < -0.3 is 9.47 Å². The van der Waals surface area contributed by atoms with Crippen LogP contribution in [-0.4, -0.2) is 22.9 Å². The molecule has 0 amide bonds. The van der Waals surface area contributed by atoms with Crippen molar-refractivity contribution in [1.29, 1.82) is 0 Å². The van der Waals surface area contributed by atoms with Crippen LogP contribution >= 0.6 is 0 Å². The Morgan fingerprint density at radius 2 is 1.69 bits per heavy atom. The molecule has 0 aliphatic carbocycles. The average Bonchev–Trinajstić information content (AvgIpc) is 3.18. The lowest BCUT2D eigenvalue weighted by molar-refractivity contribution is -0.134. The number of hydrogen-bond acceptors (Lipinski definition) is 4. The van der Waals surface area contributed by atoms with E-state index in [1.807, 2.05) is 60.7 Å². The summed E-state index contributed by atoms with van der Waals surface area (Å²) in [6, 6.07) is 19.2. The van der Waals surface area contributed by atoms with Crippen LogP contribution in [0.3, 0.4) is 0 Å². The minimum absolute atomic E-state index is 0.226. The first-order chi connectivity index (χ1) is 14.2. The van der Waals surface area contributed by atoms with Crippen molar-refractivity contribution in [3.8, 4) is 28.6 Å². The largest absolute Gasteiger partial charge is 0.497 e. The maximum atomic E-state index is 12.4. The van der Waals surface area contributed by atoms with Gasteiger partial charge in [-0.3, -0.25) is 4.79 Å². The lowest BCUT2D eigenvalue weighted by atomic mass is 10.1. The van der Waals surface area contributed by atoms with Crippen molar-refractivity contribution in [3.63, 3.8) is 0 Å². The molecule has 0 aliphatic rings. The molecule has 5 heteroatoms. The van der Waals surface area contributed by atoms with Gasteiger partial charge in [0.15, 0.2) is 0 Å². The molecule has 0 saturated carbocycles. The van der Waals surface area contributed by atoms with Gasteiger partial charge in [0, 0.05) is 18.1 Å². The summed E-state index contributed by atoms with van der Waals surface area (Å²) in [6.45, 7) is 2.18. The van der Waals surface area contributed by atoms with E-state index >= 15 is 0 Å². The number of benzene rings is 2. The van der Waals surface area contributed by atoms with E-state index in [1.165, 1.54) is 12.8 Å². The fraction of sp³-hybridized carbons (Fsp3) is 0.333. The molecule has 5 nitrogen and oxygen atoms in total. The summed E-state index contributed by atoms with van der Waals surface area (Å²) in [5, 5.41) is 4.68. The fourth-order valence-electron chi connectivity index (χ4n) is 3.14. The highest BCUT2D eigenvalue weighted by molar-refractivity contribution is 5.73. The highest BCUT2D eigenvalue weighted by Gasteiger charge is 2.16. The number of methoxy groups -OCH3 is 1. The van der Waals surface area contributed by atoms with Crippen LogP contribution in [0.1, 0.15) is 45.4 Å². The summed E-state index contributed by atoms with van der Waals surface area (Å²) >= 11 is 0. The summed E-state index contributed by atoms with van der Waals surface area (Å²) in [7, 11) is 1.63. The standard InChI is InChI=1S/C24H28N2O3/c1-3-4-5-6-10-13-24(27)29-23-18-22(19-11-8-7-9-12-19)25-26(23)20-14-16-21(28-2)17-15-20/h7-9,11-12,14-18H,3-6,10,13H2,1-2H3. The lowest BCUT2D eigenvalue weighted by Crippen LogP contribution is -2.11. The van der Waals surface area contributed by atoms with Crippen LogP contribution in [0.2, 0.25) is 0 Å². The van der Waals surface area contributed by atoms with Crippen LogP contribution < -0.4 is 9.47 Å². The van der Waals surface area contributed by atoms with Crippen LogP contribution in [0.4, 0.5) is 0 Å². The average molecular weight is 392 g/mol. The van der Waals surface area contributed by atoms with E-state index in [0.717, 1.165) is 42.0 Å². The topological polar surface area (TPSA) is 53.3 Å². The Balaban J connectivity index is 1.80. The second-order valence-corrected chi connectivity index (χ2v) is 6.98. The molecule has 0 radical (unpaired) electrons. The quantitative estimate of drug-likeness (QED) is 0.322. The Morgan fingerprint density at radius 1 is 0.966 bits per heavy atom. The number of ether oxygens (including phenoxy) is 2. The van der Waals surface area contributed by atoms with Gasteiger partial charge in [-0.25, -0.2) is 4.68 Å². The summed E-state index contributed by atoms with van der Waals surface area (Å²) in [4.78, 5) is 12.4. The van der Waals surface area contributed by atoms with Gasteiger partial charge in [0.05, 0.1) is 18.5 Å². The zero-order chi connectivity index (χ0) is 20.5. The highest BCUT2D eigenvalue weighted by atomic mass is 16.5. The molecule has 0 unspecified atom stereocenters. The van der Waals surface area contributed by atoms with Crippen molar-refractivity contribution < 1.29 is 14.3 Å². The number of carbonyl (C=O) groups excluding carboxylic acids is 1. The van der Waals surface area contributed by atoms with Crippen molar-refractivity contribution in [3.05, 3.63) is 60.7 Å². The second kappa shape index (κ2) is 10.5. The first kappa shape index (κ1) is 20.6. The third kappa shape index (κ3) is 5.70. The smallest absolute Gasteiger partial charge is 0.312 e. The number of esters is 1. The van der Waals surface area contributed by atoms with Gasteiger partial charge in [-0.2, -0.15) is 5.10 Å². The van der Waals surface area contributed by atoms with Gasteiger partial charge in [0.1, 0.15) is 5.75 Å². The van der Waals surface area contributed by atoms with E-state index in [4.69, 9.17) is 9.47 Å². The molecule has 0 aliphatic heterocycles. The molecule has 1 aromatic heterocycles. The monoisotopic (exact) mass is 392 g/mol. The molecule has 2 aromatic carbocycles. The minimum atomic E-state index is -0.226. The van der Waals surface area contributed by atoms with Crippen LogP contribution in [-0.2, 0) is 4.79 Å². The SMILES string of the molecule is CCCCCCCC(=O)Oc1cc(-c2ccccc2)nn1-c1ccc(OC)cc1. The summed E-state index contributed by atoms with van der Waals surface area (Å²) in [5.74, 6) is 0.957. The first-order valence-electron chi connectivity index (χ1n) is 10.2. The van der Waals surface area contributed by atoms with Crippen molar-refractivity contribution in [2.24, 2.45) is 0 Å². The Bertz CT molecular complexity index is 902. The zero-order valence-corrected chi connectivity index (χ0v) is 17.1. The van der Waals surface area contributed by atoms with E-state index in [-0.39, 0.29) is 5.97 Å². The van der Waals surface area contributed by atoms with Gasteiger partial charge in [-0.1, -0.05) is 62.9 Å². The van der Waals surface area contributed by atoms with Gasteiger partial charge in [-0.05, 0) is 30.7 Å². The maximum absolute atomic E-state index is 12.4. The highest BCUT2D eigenvalue weighted by Crippen LogP contribution is 2.27. The van der Waals surface area contributed by atoms with E-state index < -0.39 is 0 Å². The number of hydrogen-bond donors (Lipinski definition) is 0. The maximum Gasteiger partial charge on any atom is 0.312 e. The molecule has 0 bridgehead atoms. The molecule has 29 heavy (non-hydrogen) atoms. The molecule has 0 fully saturated rings. The van der Waals surface area contributed by atoms with Crippen molar-refractivity contribution in [2.75, 3.05) is 7.11 Å². The summed E-state index contributed by atoms with van der Waals surface area (Å²) in [5.41, 5.74) is 2.53. The molecule has 0 spiro atoms. The predicted octanol–water partition coefficient (Wildman–Crippen LogP) is 5.81. The Hall–Kier alpha value is -3.08. The Labute approximate surface area is 172 Å². The minimum Gasteiger partial charge on any atom is -0.497 e. The van der Waals surface area contributed by atoms with Crippen molar-refractivity contribution in [1.82, 2.24) is 9.78 Å². The molecular formula is C24H28N2O3. The number of nitrogens with zero attached hydrogens (tertiary/aromatic N) is 2. The molecule has 152 valence electrons. The van der Waals surface area contributed by atoms with Crippen molar-refractivity contribution >= 4 is 5.97 Å². The van der Waals surface area contributed by atoms with Gasteiger partial charge in [0.2, 0.25) is 5.88 Å². The fourth-order valence-corrected chi connectivity index (χ4v) is 3.14. The third-order valence-corrected chi connectivity index (χ3v) is 4.77. The number of aromatic nitrogens is 2. The number of rotatable bonds is 10. The van der Waals surface area contributed by atoms with Crippen LogP contribution in [0, 0.1) is 0 Å². The molecule has 3 aromatic rings. The van der Waals surface area contributed by atoms with E-state index in [1.54, 1.807) is 11.8 Å². The van der Waals surface area contributed by atoms with E-state index in [2.05, 4.69) is 12.0 Å². The lowest BCUT2D eigenvalue weighted by Gasteiger charge is -2.08. The third-order valence-electron chi connectivity index (χ3n) is 4.77.